The van der Waals surface area contributed by atoms with Crippen molar-refractivity contribution in [2.45, 2.75) is 44.6 Å². The molecule has 1 atom stereocenters. The molecular weight excluding hydrogens is 355 g/mol. The minimum atomic E-state index is -0.253. The van der Waals surface area contributed by atoms with Gasteiger partial charge in [-0.25, -0.2) is 4.39 Å². The Morgan fingerprint density at radius 3 is 2.64 bits per heavy atom. The second kappa shape index (κ2) is 8.35. The zero-order valence-corrected chi connectivity index (χ0v) is 16.4. The summed E-state index contributed by atoms with van der Waals surface area (Å²) < 4.78 is 13.7. The Balaban J connectivity index is 1.51. The lowest BCUT2D eigenvalue weighted by atomic mass is 9.89. The summed E-state index contributed by atoms with van der Waals surface area (Å²) in [5, 5.41) is 0. The first-order valence-electron chi connectivity index (χ1n) is 10.2. The first-order chi connectivity index (χ1) is 13.6. The van der Waals surface area contributed by atoms with Gasteiger partial charge >= 0.3 is 0 Å². The highest BCUT2D eigenvalue weighted by Crippen LogP contribution is 2.33. The van der Waals surface area contributed by atoms with Crippen LogP contribution in [0.2, 0.25) is 0 Å². The molecule has 1 amide bonds. The first kappa shape index (κ1) is 19.0. The lowest BCUT2D eigenvalue weighted by Crippen LogP contribution is -2.49. The van der Waals surface area contributed by atoms with Crippen molar-refractivity contribution in [3.63, 3.8) is 0 Å². The molecular formula is C22H27FN4O. The van der Waals surface area contributed by atoms with Gasteiger partial charge in [0, 0.05) is 56.5 Å². The van der Waals surface area contributed by atoms with Gasteiger partial charge in [0.1, 0.15) is 5.82 Å². The average Bonchev–Trinajstić information content (AvgIpc) is 2.74. The quantitative estimate of drug-likeness (QED) is 0.816. The van der Waals surface area contributed by atoms with Crippen LogP contribution in [0, 0.1) is 5.82 Å². The summed E-state index contributed by atoms with van der Waals surface area (Å²) in [6.45, 7) is 5.39. The lowest BCUT2D eigenvalue weighted by Gasteiger charge is -2.42. The van der Waals surface area contributed by atoms with Gasteiger partial charge in [-0.3, -0.25) is 19.7 Å². The number of piperidine rings is 2. The number of nitrogens with zero attached hydrogens (tertiary/aromatic N) is 4. The van der Waals surface area contributed by atoms with Crippen LogP contribution in [-0.4, -0.2) is 57.9 Å². The molecule has 0 saturated carbocycles. The van der Waals surface area contributed by atoms with E-state index in [-0.39, 0.29) is 11.7 Å². The van der Waals surface area contributed by atoms with Crippen LogP contribution in [0.5, 0.6) is 0 Å². The molecule has 3 heterocycles. The van der Waals surface area contributed by atoms with Crippen LogP contribution >= 0.6 is 0 Å². The maximum Gasteiger partial charge on any atom is 0.219 e. The average molecular weight is 382 g/mol. The molecule has 1 aromatic heterocycles. The number of carbonyl (C=O) groups excluding carboxylic acids is 1. The van der Waals surface area contributed by atoms with Crippen LogP contribution in [0.1, 0.15) is 44.2 Å². The van der Waals surface area contributed by atoms with Crippen molar-refractivity contribution in [1.29, 1.82) is 0 Å². The van der Waals surface area contributed by atoms with Crippen LogP contribution in [0.3, 0.4) is 0 Å². The van der Waals surface area contributed by atoms with E-state index < -0.39 is 0 Å². The molecule has 2 saturated heterocycles. The first-order valence-corrected chi connectivity index (χ1v) is 10.2. The van der Waals surface area contributed by atoms with Crippen molar-refractivity contribution < 1.29 is 9.18 Å². The molecule has 4 rings (SSSR count). The Labute approximate surface area is 165 Å². The van der Waals surface area contributed by atoms with E-state index in [1.807, 2.05) is 11.0 Å². The van der Waals surface area contributed by atoms with E-state index in [0.717, 1.165) is 68.8 Å². The normalized spacial score (nSPS) is 21.6. The van der Waals surface area contributed by atoms with Crippen molar-refractivity contribution in [3.05, 3.63) is 48.2 Å². The van der Waals surface area contributed by atoms with Crippen molar-refractivity contribution in [2.75, 3.05) is 26.2 Å². The monoisotopic (exact) mass is 382 g/mol. The van der Waals surface area contributed by atoms with E-state index in [1.165, 1.54) is 12.1 Å². The molecule has 5 nitrogen and oxygen atoms in total. The Kier molecular flexibility index (Phi) is 5.67. The molecule has 0 N–H and O–H groups in total. The number of amides is 1. The van der Waals surface area contributed by atoms with Gasteiger partial charge in [0.05, 0.1) is 11.4 Å². The number of aromatic nitrogens is 2. The highest BCUT2D eigenvalue weighted by atomic mass is 19.1. The number of hydrogen-bond acceptors (Lipinski definition) is 4. The second-order valence-electron chi connectivity index (χ2n) is 7.87. The Morgan fingerprint density at radius 1 is 1.11 bits per heavy atom. The smallest absolute Gasteiger partial charge is 0.219 e. The number of carbonyl (C=O) groups is 1. The van der Waals surface area contributed by atoms with Crippen LogP contribution in [-0.2, 0) is 4.79 Å². The van der Waals surface area contributed by atoms with E-state index in [2.05, 4.69) is 14.9 Å². The minimum Gasteiger partial charge on any atom is -0.343 e. The Hall–Kier alpha value is -2.34. The zero-order chi connectivity index (χ0) is 19.5. The van der Waals surface area contributed by atoms with Gasteiger partial charge in [-0.15, -0.1) is 0 Å². The van der Waals surface area contributed by atoms with Crippen LogP contribution in [0.4, 0.5) is 4.39 Å². The molecule has 2 fully saturated rings. The topological polar surface area (TPSA) is 49.3 Å². The number of rotatable bonds is 3. The molecule has 28 heavy (non-hydrogen) atoms. The lowest BCUT2D eigenvalue weighted by molar-refractivity contribution is -0.130. The summed E-state index contributed by atoms with van der Waals surface area (Å²) in [6, 6.07) is 7.13. The van der Waals surface area contributed by atoms with Gasteiger partial charge in [-0.2, -0.15) is 0 Å². The SMILES string of the molecule is CC(=O)N1CCC(N2CCCC(c3nccnc3-c3cccc(F)c3)C2)CC1. The van der Waals surface area contributed by atoms with Gasteiger partial charge in [-0.1, -0.05) is 12.1 Å². The maximum atomic E-state index is 13.7. The summed E-state index contributed by atoms with van der Waals surface area (Å²) in [5.74, 6) is 0.220. The second-order valence-corrected chi connectivity index (χ2v) is 7.87. The molecule has 2 aromatic rings. The molecule has 0 radical (unpaired) electrons. The summed E-state index contributed by atoms with van der Waals surface area (Å²) in [6.07, 6.45) is 7.68. The molecule has 0 spiro atoms. The molecule has 1 unspecified atom stereocenters. The molecule has 2 aliphatic heterocycles. The molecule has 1 aromatic carbocycles. The van der Waals surface area contributed by atoms with Gasteiger partial charge in [0.2, 0.25) is 5.91 Å². The van der Waals surface area contributed by atoms with Crippen molar-refractivity contribution >= 4 is 5.91 Å². The standard InChI is InChI=1S/C22H27FN4O/c1-16(28)26-12-7-20(8-13-26)27-11-3-5-18(15-27)22-21(24-9-10-25-22)17-4-2-6-19(23)14-17/h2,4,6,9-10,14,18,20H,3,5,7-8,11-13,15H2,1H3. The van der Waals surface area contributed by atoms with Gasteiger partial charge in [0.25, 0.3) is 0 Å². The Bertz CT molecular complexity index is 835. The molecule has 6 heteroatoms. The summed E-state index contributed by atoms with van der Waals surface area (Å²) in [5.41, 5.74) is 2.55. The third kappa shape index (κ3) is 4.07. The van der Waals surface area contributed by atoms with E-state index in [1.54, 1.807) is 25.4 Å². The fourth-order valence-corrected chi connectivity index (χ4v) is 4.61. The molecule has 2 aliphatic rings. The van der Waals surface area contributed by atoms with E-state index in [9.17, 15) is 9.18 Å². The highest BCUT2D eigenvalue weighted by molar-refractivity contribution is 5.73. The van der Waals surface area contributed by atoms with Gasteiger partial charge < -0.3 is 4.90 Å². The van der Waals surface area contributed by atoms with Crippen molar-refractivity contribution in [1.82, 2.24) is 19.8 Å². The van der Waals surface area contributed by atoms with Crippen LogP contribution in [0.15, 0.2) is 36.7 Å². The Morgan fingerprint density at radius 2 is 1.89 bits per heavy atom. The highest BCUT2D eigenvalue weighted by Gasteiger charge is 2.31. The fraction of sp³-hybridized carbons (Fsp3) is 0.500. The fourth-order valence-electron chi connectivity index (χ4n) is 4.61. The molecule has 0 aliphatic carbocycles. The van der Waals surface area contributed by atoms with Gasteiger partial charge in [0.15, 0.2) is 0 Å². The number of benzene rings is 1. The number of likely N-dealkylation sites (tertiary alicyclic amines) is 2. The zero-order valence-electron chi connectivity index (χ0n) is 16.4. The van der Waals surface area contributed by atoms with Crippen LogP contribution in [0.25, 0.3) is 11.3 Å². The van der Waals surface area contributed by atoms with Crippen molar-refractivity contribution in [3.8, 4) is 11.3 Å². The third-order valence-corrected chi connectivity index (χ3v) is 6.09. The summed E-state index contributed by atoms with van der Waals surface area (Å²) >= 11 is 0. The van der Waals surface area contributed by atoms with Crippen LogP contribution < -0.4 is 0 Å². The molecule has 148 valence electrons. The number of hydrogen-bond donors (Lipinski definition) is 0. The van der Waals surface area contributed by atoms with Gasteiger partial charge in [-0.05, 0) is 44.4 Å². The van der Waals surface area contributed by atoms with E-state index in [4.69, 9.17) is 0 Å². The molecule has 0 bridgehead atoms. The summed E-state index contributed by atoms with van der Waals surface area (Å²) in [4.78, 5) is 25.3. The minimum absolute atomic E-state index is 0.175. The predicted molar refractivity (Wildman–Crippen MR) is 106 cm³/mol. The maximum absolute atomic E-state index is 13.7. The van der Waals surface area contributed by atoms with E-state index in [0.29, 0.717) is 12.0 Å². The third-order valence-electron chi connectivity index (χ3n) is 6.09. The summed E-state index contributed by atoms with van der Waals surface area (Å²) in [7, 11) is 0. The van der Waals surface area contributed by atoms with E-state index >= 15 is 0 Å². The predicted octanol–water partition coefficient (Wildman–Crippen LogP) is 3.47. The van der Waals surface area contributed by atoms with Crippen molar-refractivity contribution in [2.24, 2.45) is 0 Å². The number of halogens is 1. The largest absolute Gasteiger partial charge is 0.343 e.